The number of amides is 1. The van der Waals surface area contributed by atoms with Gasteiger partial charge in [0.1, 0.15) is 11.6 Å². The molecule has 2 aromatic heterocycles. The Kier molecular flexibility index (Phi) is 4.50. The number of rotatable bonds is 3. The van der Waals surface area contributed by atoms with Crippen molar-refractivity contribution in [2.24, 2.45) is 0 Å². The number of nitrogen functional groups attached to an aromatic ring is 1. The lowest BCUT2D eigenvalue weighted by Gasteiger charge is -2.16. The summed E-state index contributed by atoms with van der Waals surface area (Å²) in [4.78, 5) is 23.1. The number of aryl methyl sites for hydroxylation is 1. The van der Waals surface area contributed by atoms with Gasteiger partial charge < -0.3 is 10.6 Å². The number of carbonyl (C=O) groups is 1. The Bertz CT molecular complexity index is 1080. The summed E-state index contributed by atoms with van der Waals surface area (Å²) in [6.07, 6.45) is 1.80. The molecular weight excluding hydrogens is 362 g/mol. The van der Waals surface area contributed by atoms with Gasteiger partial charge in [0.15, 0.2) is 0 Å². The summed E-state index contributed by atoms with van der Waals surface area (Å²) in [6.45, 7) is 2.92. The zero-order valence-corrected chi connectivity index (χ0v) is 15.2. The summed E-state index contributed by atoms with van der Waals surface area (Å²) in [5.41, 5.74) is 10.2. The molecule has 1 amide bonds. The van der Waals surface area contributed by atoms with Crippen molar-refractivity contribution >= 4 is 11.6 Å². The minimum absolute atomic E-state index is 0.00286. The zero-order valence-electron chi connectivity index (χ0n) is 15.2. The number of benzene rings is 1. The van der Waals surface area contributed by atoms with E-state index < -0.39 is 11.6 Å². The molecule has 28 heavy (non-hydrogen) atoms. The van der Waals surface area contributed by atoms with E-state index in [1.165, 1.54) is 12.1 Å². The Morgan fingerprint density at radius 3 is 2.71 bits per heavy atom. The molecule has 5 nitrogen and oxygen atoms in total. The zero-order chi connectivity index (χ0) is 19.8. The van der Waals surface area contributed by atoms with Gasteiger partial charge in [0.2, 0.25) is 5.91 Å². The fraction of sp³-hybridized carbons (Fsp3) is 0.190. The number of halogens is 2. The lowest BCUT2D eigenvalue weighted by Crippen LogP contribution is -2.27. The van der Waals surface area contributed by atoms with Crippen LogP contribution in [0, 0.1) is 18.6 Å². The summed E-state index contributed by atoms with van der Waals surface area (Å²) in [6, 6.07) is 8.41. The van der Waals surface area contributed by atoms with Gasteiger partial charge in [0, 0.05) is 36.6 Å². The molecular formula is C21H18F2N4O. The highest BCUT2D eigenvalue weighted by molar-refractivity contribution is 5.81. The fourth-order valence-corrected chi connectivity index (χ4v) is 3.33. The molecule has 142 valence electrons. The van der Waals surface area contributed by atoms with Crippen molar-refractivity contribution in [3.63, 3.8) is 0 Å². The van der Waals surface area contributed by atoms with Crippen LogP contribution in [0.25, 0.3) is 11.3 Å². The second-order valence-electron chi connectivity index (χ2n) is 6.88. The Hall–Kier alpha value is -3.35. The molecule has 1 aliphatic heterocycles. The van der Waals surface area contributed by atoms with Crippen LogP contribution in [-0.2, 0) is 24.3 Å². The molecule has 3 aromatic rings. The van der Waals surface area contributed by atoms with Crippen molar-refractivity contribution in [1.82, 2.24) is 14.9 Å². The van der Waals surface area contributed by atoms with Crippen molar-refractivity contribution in [1.29, 1.82) is 0 Å². The summed E-state index contributed by atoms with van der Waals surface area (Å²) in [5, 5.41) is 0. The number of nitrogens with zero attached hydrogens (tertiary/aromatic N) is 3. The smallest absolute Gasteiger partial charge is 0.229 e. The van der Waals surface area contributed by atoms with Gasteiger partial charge in [0.25, 0.3) is 0 Å². The normalized spacial score (nSPS) is 12.9. The van der Waals surface area contributed by atoms with E-state index >= 15 is 0 Å². The molecule has 0 unspecified atom stereocenters. The molecule has 0 fully saturated rings. The minimum Gasteiger partial charge on any atom is -0.397 e. The maximum Gasteiger partial charge on any atom is 0.229 e. The molecule has 4 rings (SSSR count). The van der Waals surface area contributed by atoms with E-state index in [0.717, 1.165) is 22.9 Å². The molecule has 0 spiro atoms. The lowest BCUT2D eigenvalue weighted by atomic mass is 10.1. The monoisotopic (exact) mass is 380 g/mol. The Morgan fingerprint density at radius 1 is 1.14 bits per heavy atom. The van der Waals surface area contributed by atoms with E-state index in [0.29, 0.717) is 30.2 Å². The van der Waals surface area contributed by atoms with Gasteiger partial charge in [-0.3, -0.25) is 14.8 Å². The van der Waals surface area contributed by atoms with E-state index in [9.17, 15) is 13.6 Å². The molecule has 3 heterocycles. The Morgan fingerprint density at radius 2 is 1.93 bits per heavy atom. The van der Waals surface area contributed by atoms with Gasteiger partial charge in [0.05, 0.1) is 23.5 Å². The second kappa shape index (κ2) is 6.99. The van der Waals surface area contributed by atoms with Crippen LogP contribution in [0.4, 0.5) is 14.5 Å². The molecule has 0 saturated heterocycles. The predicted octanol–water partition coefficient (Wildman–Crippen LogP) is 3.40. The lowest BCUT2D eigenvalue weighted by molar-refractivity contribution is -0.131. The summed E-state index contributed by atoms with van der Waals surface area (Å²) in [7, 11) is 0. The summed E-state index contributed by atoms with van der Waals surface area (Å²) >= 11 is 0. The van der Waals surface area contributed by atoms with Gasteiger partial charge in [-0.2, -0.15) is 0 Å². The first-order chi connectivity index (χ1) is 13.4. The van der Waals surface area contributed by atoms with E-state index in [-0.39, 0.29) is 17.9 Å². The highest BCUT2D eigenvalue weighted by atomic mass is 19.1. The third-order valence-corrected chi connectivity index (χ3v) is 4.83. The number of aromatic nitrogens is 2. The van der Waals surface area contributed by atoms with Crippen LogP contribution in [0.3, 0.4) is 0 Å². The quantitative estimate of drug-likeness (QED) is 0.756. The fourth-order valence-electron chi connectivity index (χ4n) is 3.33. The first kappa shape index (κ1) is 18.0. The van der Waals surface area contributed by atoms with Crippen LogP contribution < -0.4 is 5.73 Å². The molecule has 1 aliphatic rings. The number of pyridine rings is 2. The predicted molar refractivity (Wildman–Crippen MR) is 101 cm³/mol. The van der Waals surface area contributed by atoms with Crippen molar-refractivity contribution in [2.45, 2.75) is 26.4 Å². The van der Waals surface area contributed by atoms with Crippen molar-refractivity contribution in [3.8, 4) is 11.3 Å². The van der Waals surface area contributed by atoms with E-state index in [2.05, 4.69) is 9.97 Å². The van der Waals surface area contributed by atoms with Gasteiger partial charge in [-0.15, -0.1) is 0 Å². The average molecular weight is 380 g/mol. The van der Waals surface area contributed by atoms with Crippen LogP contribution in [0.15, 0.2) is 42.6 Å². The number of carbonyl (C=O) groups excluding carboxylic acids is 1. The highest BCUT2D eigenvalue weighted by Crippen LogP contribution is 2.26. The Labute approximate surface area is 160 Å². The molecule has 0 bridgehead atoms. The molecule has 0 atom stereocenters. The Balaban J connectivity index is 1.56. The van der Waals surface area contributed by atoms with Crippen LogP contribution >= 0.6 is 0 Å². The van der Waals surface area contributed by atoms with Crippen LogP contribution in [0.2, 0.25) is 0 Å². The highest BCUT2D eigenvalue weighted by Gasteiger charge is 2.25. The maximum atomic E-state index is 14.1. The molecule has 0 radical (unpaired) electrons. The van der Waals surface area contributed by atoms with Crippen molar-refractivity contribution in [3.05, 3.63) is 76.7 Å². The van der Waals surface area contributed by atoms with Gasteiger partial charge in [-0.25, -0.2) is 8.78 Å². The summed E-state index contributed by atoms with van der Waals surface area (Å²) < 4.78 is 27.2. The van der Waals surface area contributed by atoms with E-state index in [1.807, 2.05) is 13.0 Å². The standard InChI is InChI=1S/C21H18F2N4O/c1-12-6-13-10-27(11-14(13)9-25-12)21(28)8-20-18(24)4-5-19(26-20)16-3-2-15(22)7-17(16)23/h2-7,9H,8,10-11,24H2,1H3. The van der Waals surface area contributed by atoms with Crippen LogP contribution in [-0.4, -0.2) is 20.8 Å². The van der Waals surface area contributed by atoms with E-state index in [1.54, 1.807) is 23.2 Å². The summed E-state index contributed by atoms with van der Waals surface area (Å²) in [5.74, 6) is -1.50. The largest absolute Gasteiger partial charge is 0.397 e. The topological polar surface area (TPSA) is 72.1 Å². The molecule has 2 N–H and O–H groups in total. The first-order valence-electron chi connectivity index (χ1n) is 8.83. The van der Waals surface area contributed by atoms with Crippen LogP contribution in [0.1, 0.15) is 22.5 Å². The van der Waals surface area contributed by atoms with E-state index in [4.69, 9.17) is 5.73 Å². The van der Waals surface area contributed by atoms with Gasteiger partial charge in [-0.1, -0.05) is 0 Å². The molecule has 1 aromatic carbocycles. The average Bonchev–Trinajstić information content (AvgIpc) is 3.07. The molecule has 0 aliphatic carbocycles. The third-order valence-electron chi connectivity index (χ3n) is 4.83. The second-order valence-corrected chi connectivity index (χ2v) is 6.88. The number of nitrogens with two attached hydrogens (primary N) is 1. The van der Waals surface area contributed by atoms with Crippen molar-refractivity contribution in [2.75, 3.05) is 5.73 Å². The first-order valence-corrected chi connectivity index (χ1v) is 8.83. The number of hydrogen-bond acceptors (Lipinski definition) is 4. The number of anilines is 1. The van der Waals surface area contributed by atoms with Gasteiger partial charge >= 0.3 is 0 Å². The number of fused-ring (bicyclic) bond motifs is 1. The van der Waals surface area contributed by atoms with Gasteiger partial charge in [-0.05, 0) is 48.4 Å². The van der Waals surface area contributed by atoms with Crippen molar-refractivity contribution < 1.29 is 13.6 Å². The molecule has 0 saturated carbocycles. The molecule has 7 heteroatoms. The third kappa shape index (κ3) is 3.43. The van der Waals surface area contributed by atoms with Crippen LogP contribution in [0.5, 0.6) is 0 Å². The SMILES string of the molecule is Cc1cc2c(cn1)CN(C(=O)Cc1nc(-c3ccc(F)cc3F)ccc1N)C2. The maximum absolute atomic E-state index is 14.1. The minimum atomic E-state index is -0.715. The number of hydrogen-bond donors (Lipinski definition) is 1.